The first kappa shape index (κ1) is 20.4. The van der Waals surface area contributed by atoms with Gasteiger partial charge in [-0.3, -0.25) is 0 Å². The zero-order valence-corrected chi connectivity index (χ0v) is 17.4. The molecule has 4 aromatic rings. The van der Waals surface area contributed by atoms with E-state index < -0.39 is 16.0 Å². The van der Waals surface area contributed by atoms with Crippen molar-refractivity contribution in [3.05, 3.63) is 78.4 Å². The van der Waals surface area contributed by atoms with Gasteiger partial charge in [-0.15, -0.1) is 9.19 Å². The standard InChI is InChI=1S/C22H19N3O5S/c1-2-29-18-10-7-16(8-11-18)22(26)30-21-14-20(23)25(24-21)31(27,28)19-12-9-15-5-3-4-6-17(15)13-19/h3-14H,2,23H2,1H3. The van der Waals surface area contributed by atoms with Crippen LogP contribution in [0.25, 0.3) is 10.8 Å². The molecule has 0 saturated heterocycles. The number of nitrogen functional groups attached to an aromatic ring is 1. The second-order valence-corrected chi connectivity index (χ2v) is 8.38. The van der Waals surface area contributed by atoms with Crippen molar-refractivity contribution in [3.8, 4) is 11.6 Å². The number of aromatic nitrogens is 2. The van der Waals surface area contributed by atoms with Crippen LogP contribution in [0, 0.1) is 0 Å². The normalized spacial score (nSPS) is 11.4. The minimum absolute atomic E-state index is 0.0189. The number of benzene rings is 3. The first-order valence-electron chi connectivity index (χ1n) is 9.43. The maximum atomic E-state index is 13.0. The van der Waals surface area contributed by atoms with Gasteiger partial charge in [0.25, 0.3) is 10.0 Å². The fourth-order valence-electron chi connectivity index (χ4n) is 3.04. The van der Waals surface area contributed by atoms with Gasteiger partial charge < -0.3 is 15.2 Å². The Hall–Kier alpha value is -3.85. The molecule has 0 aliphatic heterocycles. The van der Waals surface area contributed by atoms with Crippen LogP contribution in [0.5, 0.6) is 11.6 Å². The lowest BCUT2D eigenvalue weighted by Gasteiger charge is -2.07. The van der Waals surface area contributed by atoms with Gasteiger partial charge in [-0.25, -0.2) is 4.79 Å². The fourth-order valence-corrected chi connectivity index (χ4v) is 4.27. The molecule has 0 bridgehead atoms. The quantitative estimate of drug-likeness (QED) is 0.459. The number of carbonyl (C=O) groups is 1. The van der Waals surface area contributed by atoms with Crippen LogP contribution in [-0.2, 0) is 10.0 Å². The SMILES string of the molecule is CCOc1ccc(C(=O)Oc2cc(N)n(S(=O)(=O)c3ccc4ccccc4c3)n2)cc1. The van der Waals surface area contributed by atoms with Crippen molar-refractivity contribution in [2.24, 2.45) is 0 Å². The summed E-state index contributed by atoms with van der Waals surface area (Å²) in [6, 6.07) is 19.6. The van der Waals surface area contributed by atoms with Crippen LogP contribution in [0.1, 0.15) is 17.3 Å². The highest BCUT2D eigenvalue weighted by atomic mass is 32.2. The van der Waals surface area contributed by atoms with Gasteiger partial charge in [0.1, 0.15) is 11.6 Å². The molecule has 1 aromatic heterocycles. The molecular formula is C22H19N3O5S. The summed E-state index contributed by atoms with van der Waals surface area (Å²) in [7, 11) is -4.08. The summed E-state index contributed by atoms with van der Waals surface area (Å²) in [5.41, 5.74) is 6.12. The molecule has 31 heavy (non-hydrogen) atoms. The van der Waals surface area contributed by atoms with Gasteiger partial charge in [0.15, 0.2) is 0 Å². The number of nitrogens with two attached hydrogens (primary N) is 1. The van der Waals surface area contributed by atoms with E-state index in [2.05, 4.69) is 5.10 Å². The number of hydrogen-bond acceptors (Lipinski definition) is 7. The fraction of sp³-hybridized carbons (Fsp3) is 0.0909. The van der Waals surface area contributed by atoms with Gasteiger partial charge >= 0.3 is 5.97 Å². The summed E-state index contributed by atoms with van der Waals surface area (Å²) < 4.78 is 37.3. The first-order chi connectivity index (χ1) is 14.9. The van der Waals surface area contributed by atoms with Crippen molar-refractivity contribution < 1.29 is 22.7 Å². The Kier molecular flexibility index (Phi) is 5.35. The monoisotopic (exact) mass is 437 g/mol. The number of carbonyl (C=O) groups excluding carboxylic acids is 1. The van der Waals surface area contributed by atoms with Crippen molar-refractivity contribution in [1.82, 2.24) is 9.19 Å². The third-order valence-corrected chi connectivity index (χ3v) is 6.12. The van der Waals surface area contributed by atoms with Crippen LogP contribution in [0.2, 0.25) is 0 Å². The minimum atomic E-state index is -4.08. The molecule has 1 heterocycles. The third kappa shape index (κ3) is 4.08. The van der Waals surface area contributed by atoms with Crippen LogP contribution in [0.15, 0.2) is 77.7 Å². The molecule has 8 nitrogen and oxygen atoms in total. The largest absolute Gasteiger partial charge is 0.494 e. The smallest absolute Gasteiger partial charge is 0.344 e. The van der Waals surface area contributed by atoms with E-state index in [-0.39, 0.29) is 22.2 Å². The Morgan fingerprint density at radius 3 is 2.42 bits per heavy atom. The number of hydrogen-bond donors (Lipinski definition) is 1. The van der Waals surface area contributed by atoms with Crippen LogP contribution in [-0.4, -0.2) is 30.2 Å². The molecule has 0 aliphatic rings. The number of ether oxygens (including phenoxy) is 2. The van der Waals surface area contributed by atoms with Crippen molar-refractivity contribution in [1.29, 1.82) is 0 Å². The van der Waals surface area contributed by atoms with E-state index in [4.69, 9.17) is 15.2 Å². The second-order valence-electron chi connectivity index (χ2n) is 6.61. The Morgan fingerprint density at radius 1 is 1.00 bits per heavy atom. The Morgan fingerprint density at radius 2 is 1.71 bits per heavy atom. The van der Waals surface area contributed by atoms with Crippen molar-refractivity contribution in [2.45, 2.75) is 11.8 Å². The molecule has 0 atom stereocenters. The Labute approximate surface area is 178 Å². The molecule has 158 valence electrons. The van der Waals surface area contributed by atoms with E-state index in [1.807, 2.05) is 31.2 Å². The van der Waals surface area contributed by atoms with Crippen LogP contribution >= 0.6 is 0 Å². The molecule has 0 fully saturated rings. The number of nitrogens with zero attached hydrogens (tertiary/aromatic N) is 2. The summed E-state index contributed by atoms with van der Waals surface area (Å²) in [6.07, 6.45) is 0. The number of fused-ring (bicyclic) bond motifs is 1. The Balaban J connectivity index is 1.59. The average Bonchev–Trinajstić information content (AvgIpc) is 3.14. The lowest BCUT2D eigenvalue weighted by Crippen LogP contribution is -2.17. The maximum absolute atomic E-state index is 13.0. The zero-order valence-electron chi connectivity index (χ0n) is 16.6. The number of anilines is 1. The molecule has 0 spiro atoms. The van der Waals surface area contributed by atoms with Crippen LogP contribution in [0.3, 0.4) is 0 Å². The lowest BCUT2D eigenvalue weighted by atomic mass is 10.1. The number of rotatable bonds is 6. The van der Waals surface area contributed by atoms with Gasteiger partial charge in [-0.1, -0.05) is 30.3 Å². The van der Waals surface area contributed by atoms with Gasteiger partial charge in [0.2, 0.25) is 5.88 Å². The average molecular weight is 437 g/mol. The van der Waals surface area contributed by atoms with E-state index in [9.17, 15) is 13.2 Å². The topological polar surface area (TPSA) is 114 Å². The summed E-state index contributed by atoms with van der Waals surface area (Å²) in [6.45, 7) is 2.36. The minimum Gasteiger partial charge on any atom is -0.494 e. The first-order valence-corrected chi connectivity index (χ1v) is 10.9. The van der Waals surface area contributed by atoms with E-state index in [0.717, 1.165) is 10.8 Å². The molecular weight excluding hydrogens is 418 g/mol. The predicted molar refractivity (Wildman–Crippen MR) is 116 cm³/mol. The molecule has 0 amide bonds. The van der Waals surface area contributed by atoms with Gasteiger partial charge in [-0.05, 0) is 54.1 Å². The maximum Gasteiger partial charge on any atom is 0.344 e. The molecule has 0 saturated carbocycles. The van der Waals surface area contributed by atoms with E-state index >= 15 is 0 Å². The molecule has 0 aliphatic carbocycles. The number of esters is 1. The molecule has 0 radical (unpaired) electrons. The highest BCUT2D eigenvalue weighted by Gasteiger charge is 2.23. The lowest BCUT2D eigenvalue weighted by molar-refractivity contribution is 0.0727. The van der Waals surface area contributed by atoms with Gasteiger partial charge in [0.05, 0.1) is 17.1 Å². The van der Waals surface area contributed by atoms with Gasteiger partial charge in [-0.2, -0.15) is 8.42 Å². The van der Waals surface area contributed by atoms with Crippen molar-refractivity contribution in [3.63, 3.8) is 0 Å². The van der Waals surface area contributed by atoms with Crippen LogP contribution < -0.4 is 15.2 Å². The predicted octanol–water partition coefficient (Wildman–Crippen LogP) is 3.47. The van der Waals surface area contributed by atoms with Crippen LogP contribution in [0.4, 0.5) is 5.82 Å². The molecule has 9 heteroatoms. The molecule has 4 rings (SSSR count). The summed E-state index contributed by atoms with van der Waals surface area (Å²) in [5.74, 6) is -0.478. The van der Waals surface area contributed by atoms with E-state index in [0.29, 0.717) is 16.4 Å². The van der Waals surface area contributed by atoms with E-state index in [1.165, 1.54) is 18.2 Å². The van der Waals surface area contributed by atoms with Crippen molar-refractivity contribution in [2.75, 3.05) is 12.3 Å². The third-order valence-electron chi connectivity index (χ3n) is 4.53. The second kappa shape index (κ2) is 8.11. The summed E-state index contributed by atoms with van der Waals surface area (Å²) in [4.78, 5) is 12.4. The zero-order chi connectivity index (χ0) is 22.0. The molecule has 2 N–H and O–H groups in total. The van der Waals surface area contributed by atoms with E-state index in [1.54, 1.807) is 30.3 Å². The highest BCUT2D eigenvalue weighted by Crippen LogP contribution is 2.25. The molecule has 0 unspecified atom stereocenters. The highest BCUT2D eigenvalue weighted by molar-refractivity contribution is 7.90. The Bertz CT molecular complexity index is 1360. The summed E-state index contributed by atoms with van der Waals surface area (Å²) in [5, 5.41) is 5.55. The van der Waals surface area contributed by atoms with Gasteiger partial charge in [0, 0.05) is 6.07 Å². The van der Waals surface area contributed by atoms with Crippen molar-refractivity contribution >= 4 is 32.6 Å². The molecule has 3 aromatic carbocycles. The summed E-state index contributed by atoms with van der Waals surface area (Å²) >= 11 is 0.